The molecule has 0 radical (unpaired) electrons. The van der Waals surface area contributed by atoms with Gasteiger partial charge in [0.15, 0.2) is 0 Å². The minimum Gasteiger partial charge on any atom is -0.467 e. The Bertz CT molecular complexity index is 541. The summed E-state index contributed by atoms with van der Waals surface area (Å²) in [6.07, 6.45) is 4.57. The maximum absolute atomic E-state index is 12.7. The summed E-state index contributed by atoms with van der Waals surface area (Å²) in [6.45, 7) is 4.44. The van der Waals surface area contributed by atoms with Gasteiger partial charge in [-0.3, -0.25) is 4.79 Å². The molecule has 0 spiro atoms. The lowest BCUT2D eigenvalue weighted by Gasteiger charge is -2.31. The maximum atomic E-state index is 12.7. The molecule has 0 bridgehead atoms. The minimum absolute atomic E-state index is 0.00770. The highest BCUT2D eigenvalue weighted by atomic mass is 16.5. The molecule has 1 fully saturated rings. The third-order valence-corrected chi connectivity index (χ3v) is 5.11. The quantitative estimate of drug-likeness (QED) is 0.813. The highest BCUT2D eigenvalue weighted by Crippen LogP contribution is 2.33. The van der Waals surface area contributed by atoms with Crippen molar-refractivity contribution in [1.29, 1.82) is 0 Å². The fourth-order valence-electron chi connectivity index (χ4n) is 3.55. The summed E-state index contributed by atoms with van der Waals surface area (Å²) in [5, 5.41) is 2.93. The van der Waals surface area contributed by atoms with Crippen molar-refractivity contribution in [2.75, 3.05) is 7.11 Å². The first kappa shape index (κ1) is 18.5. The van der Waals surface area contributed by atoms with E-state index >= 15 is 0 Å². The van der Waals surface area contributed by atoms with Crippen molar-refractivity contribution in [3.63, 3.8) is 0 Å². The van der Waals surface area contributed by atoms with Gasteiger partial charge in [-0.25, -0.2) is 4.79 Å². The topological polar surface area (TPSA) is 55.4 Å². The van der Waals surface area contributed by atoms with Crippen LogP contribution in [0.5, 0.6) is 0 Å². The molecule has 24 heavy (non-hydrogen) atoms. The normalized spacial score (nSPS) is 22.0. The largest absolute Gasteiger partial charge is 0.467 e. The number of carbonyl (C=O) groups is 2. The predicted molar refractivity (Wildman–Crippen MR) is 94.4 cm³/mol. The molecule has 1 aliphatic carbocycles. The van der Waals surface area contributed by atoms with Gasteiger partial charge in [0.1, 0.15) is 6.04 Å². The fourth-order valence-corrected chi connectivity index (χ4v) is 3.55. The molecule has 1 aromatic rings. The Kier molecular flexibility index (Phi) is 6.83. The van der Waals surface area contributed by atoms with Gasteiger partial charge >= 0.3 is 5.97 Å². The highest BCUT2D eigenvalue weighted by molar-refractivity contribution is 5.86. The molecule has 0 heterocycles. The molecule has 0 aromatic heterocycles. The van der Waals surface area contributed by atoms with E-state index in [1.807, 2.05) is 30.3 Å². The van der Waals surface area contributed by atoms with E-state index in [1.165, 1.54) is 13.5 Å². The Hall–Kier alpha value is -1.84. The van der Waals surface area contributed by atoms with E-state index in [0.29, 0.717) is 18.3 Å². The van der Waals surface area contributed by atoms with Crippen LogP contribution in [0.2, 0.25) is 0 Å². The maximum Gasteiger partial charge on any atom is 0.328 e. The zero-order valence-corrected chi connectivity index (χ0v) is 15.0. The van der Waals surface area contributed by atoms with E-state index in [9.17, 15) is 9.59 Å². The molecule has 4 nitrogen and oxygen atoms in total. The molecule has 1 saturated carbocycles. The molecule has 4 heteroatoms. The zero-order valence-electron chi connectivity index (χ0n) is 15.0. The summed E-state index contributed by atoms with van der Waals surface area (Å²) in [5.74, 6) is 0.811. The third-order valence-electron chi connectivity index (χ3n) is 5.11. The number of esters is 1. The van der Waals surface area contributed by atoms with Gasteiger partial charge in [0.05, 0.1) is 7.11 Å². The molecule has 132 valence electrons. The lowest BCUT2D eigenvalue weighted by Crippen LogP contribution is -2.46. The smallest absolute Gasteiger partial charge is 0.328 e. The van der Waals surface area contributed by atoms with Crippen molar-refractivity contribution in [2.24, 2.45) is 17.8 Å². The monoisotopic (exact) mass is 331 g/mol. The second-order valence-electron chi connectivity index (χ2n) is 7.14. The van der Waals surface area contributed by atoms with Crippen molar-refractivity contribution in [1.82, 2.24) is 5.32 Å². The number of nitrogens with one attached hydrogen (secondary N) is 1. The van der Waals surface area contributed by atoms with Crippen LogP contribution < -0.4 is 5.32 Å². The Morgan fingerprint density at radius 3 is 2.54 bits per heavy atom. The van der Waals surface area contributed by atoms with Crippen LogP contribution in [0.15, 0.2) is 30.3 Å². The molecule has 0 aliphatic heterocycles. The third kappa shape index (κ3) is 5.08. The van der Waals surface area contributed by atoms with Crippen molar-refractivity contribution in [3.05, 3.63) is 35.9 Å². The number of rotatable bonds is 6. The standard InChI is InChI=1S/C20H29NO3/c1-14(2)16-10-7-11-17(13-16)19(22)21-18(20(23)24-3)12-15-8-5-4-6-9-15/h4-6,8-9,14,16-18H,7,10-13H2,1-3H3,(H,21,22)/t16-,17+,18-/m1/s1. The van der Waals surface area contributed by atoms with Crippen LogP contribution in [-0.2, 0) is 20.7 Å². The number of amides is 1. The van der Waals surface area contributed by atoms with Gasteiger partial charge < -0.3 is 10.1 Å². The van der Waals surface area contributed by atoms with Crippen LogP contribution in [0.1, 0.15) is 45.1 Å². The van der Waals surface area contributed by atoms with Gasteiger partial charge in [-0.2, -0.15) is 0 Å². The average molecular weight is 331 g/mol. The van der Waals surface area contributed by atoms with Crippen LogP contribution >= 0.6 is 0 Å². The summed E-state index contributed by atoms with van der Waals surface area (Å²) in [5.41, 5.74) is 1.01. The summed E-state index contributed by atoms with van der Waals surface area (Å²) in [7, 11) is 1.36. The second kappa shape index (κ2) is 8.86. The minimum atomic E-state index is -0.621. The van der Waals surface area contributed by atoms with E-state index in [0.717, 1.165) is 24.8 Å². The lowest BCUT2D eigenvalue weighted by molar-refractivity contribution is -0.145. The Balaban J connectivity index is 2.00. The van der Waals surface area contributed by atoms with Crippen LogP contribution in [0.25, 0.3) is 0 Å². The van der Waals surface area contributed by atoms with Crippen LogP contribution in [0, 0.1) is 17.8 Å². The fraction of sp³-hybridized carbons (Fsp3) is 0.600. The van der Waals surface area contributed by atoms with Crippen LogP contribution in [0.3, 0.4) is 0 Å². The molecule has 0 unspecified atom stereocenters. The summed E-state index contributed by atoms with van der Waals surface area (Å²) >= 11 is 0. The van der Waals surface area contributed by atoms with Gasteiger partial charge in [0.2, 0.25) is 5.91 Å². The summed E-state index contributed by atoms with van der Waals surface area (Å²) < 4.78 is 4.88. The number of methoxy groups -OCH3 is 1. The first-order chi connectivity index (χ1) is 11.5. The van der Waals surface area contributed by atoms with Gasteiger partial charge in [-0.1, -0.05) is 57.0 Å². The van der Waals surface area contributed by atoms with Crippen molar-refractivity contribution >= 4 is 11.9 Å². The molecule has 1 aliphatic rings. The van der Waals surface area contributed by atoms with Gasteiger partial charge in [0, 0.05) is 12.3 Å². The number of hydrogen-bond donors (Lipinski definition) is 1. The zero-order chi connectivity index (χ0) is 17.5. The molecule has 1 amide bonds. The average Bonchev–Trinajstić information content (AvgIpc) is 2.61. The van der Waals surface area contributed by atoms with Gasteiger partial charge in [-0.15, -0.1) is 0 Å². The second-order valence-corrected chi connectivity index (χ2v) is 7.14. The van der Waals surface area contributed by atoms with Gasteiger partial charge in [-0.05, 0) is 30.2 Å². The lowest BCUT2D eigenvalue weighted by atomic mass is 9.76. The number of carbonyl (C=O) groups excluding carboxylic acids is 2. The number of hydrogen-bond acceptors (Lipinski definition) is 3. The molecule has 1 N–H and O–H groups in total. The van der Waals surface area contributed by atoms with Crippen LogP contribution in [-0.4, -0.2) is 25.0 Å². The summed E-state index contributed by atoms with van der Waals surface area (Å²) in [6, 6.07) is 9.09. The first-order valence-corrected chi connectivity index (χ1v) is 8.93. The highest BCUT2D eigenvalue weighted by Gasteiger charge is 2.31. The molecular formula is C20H29NO3. The van der Waals surface area contributed by atoms with E-state index in [1.54, 1.807) is 0 Å². The summed E-state index contributed by atoms with van der Waals surface area (Å²) in [4.78, 5) is 24.7. The Morgan fingerprint density at radius 2 is 1.92 bits per heavy atom. The van der Waals surface area contributed by atoms with Crippen LogP contribution in [0.4, 0.5) is 0 Å². The number of benzene rings is 1. The molecule has 0 saturated heterocycles. The molecule has 1 aromatic carbocycles. The first-order valence-electron chi connectivity index (χ1n) is 8.93. The molecule has 2 rings (SSSR count). The Labute approximate surface area is 145 Å². The van der Waals surface area contributed by atoms with E-state index in [4.69, 9.17) is 4.74 Å². The number of ether oxygens (including phenoxy) is 1. The van der Waals surface area contributed by atoms with E-state index in [2.05, 4.69) is 19.2 Å². The Morgan fingerprint density at radius 1 is 1.21 bits per heavy atom. The van der Waals surface area contributed by atoms with Crippen molar-refractivity contribution < 1.29 is 14.3 Å². The predicted octanol–water partition coefficient (Wildman–Crippen LogP) is 3.35. The molecule has 3 atom stereocenters. The van der Waals surface area contributed by atoms with Gasteiger partial charge in [0.25, 0.3) is 0 Å². The van der Waals surface area contributed by atoms with Crippen molar-refractivity contribution in [2.45, 2.75) is 52.0 Å². The van der Waals surface area contributed by atoms with E-state index in [-0.39, 0.29) is 17.8 Å². The van der Waals surface area contributed by atoms with Crippen molar-refractivity contribution in [3.8, 4) is 0 Å². The van der Waals surface area contributed by atoms with E-state index < -0.39 is 6.04 Å². The SMILES string of the molecule is COC(=O)[C@@H](Cc1ccccc1)NC(=O)[C@H]1CCC[C@@H](C(C)C)C1. The molecular weight excluding hydrogens is 302 g/mol.